The number of thioether (sulfide) groups is 1. The predicted molar refractivity (Wildman–Crippen MR) is 77.9 cm³/mol. The first-order valence-electron chi connectivity index (χ1n) is 6.87. The van der Waals surface area contributed by atoms with Crippen molar-refractivity contribution in [2.45, 2.75) is 56.0 Å². The van der Waals surface area contributed by atoms with Crippen molar-refractivity contribution < 1.29 is 31.1 Å². The summed E-state index contributed by atoms with van der Waals surface area (Å²) in [7, 11) is -3.92. The van der Waals surface area contributed by atoms with E-state index in [4.69, 9.17) is 0 Å². The molecule has 0 spiro atoms. The summed E-state index contributed by atoms with van der Waals surface area (Å²) >= 11 is 0.514. The molecule has 0 aromatic rings. The van der Waals surface area contributed by atoms with Crippen LogP contribution in [0.4, 0.5) is 22.0 Å². The molecule has 0 aromatic carbocycles. The fraction of sp³-hybridized carbons (Fsp3) is 0.833. The Labute approximate surface area is 131 Å². The van der Waals surface area contributed by atoms with Crippen LogP contribution in [0.2, 0.25) is 0 Å². The lowest BCUT2D eigenvalue weighted by Gasteiger charge is -2.41. The molecule has 10 heteroatoms. The highest BCUT2D eigenvalue weighted by Crippen LogP contribution is 2.56. The van der Waals surface area contributed by atoms with Crippen LogP contribution in [0.15, 0.2) is 10.3 Å². The van der Waals surface area contributed by atoms with Gasteiger partial charge in [0.05, 0.1) is 0 Å². The largest absolute Gasteiger partial charge is 0.405 e. The summed E-state index contributed by atoms with van der Waals surface area (Å²) in [5.41, 5.74) is -1.38. The zero-order valence-electron chi connectivity index (χ0n) is 11.5. The lowest BCUT2D eigenvalue weighted by Crippen LogP contribution is -2.49. The molecule has 1 saturated carbocycles. The molecule has 2 rings (SSSR count). The van der Waals surface area contributed by atoms with Gasteiger partial charge in [-0.2, -0.15) is 13.2 Å². The van der Waals surface area contributed by atoms with Gasteiger partial charge in [-0.25, -0.2) is 13.5 Å². The molecule has 2 unspecified atom stereocenters. The molecule has 130 valence electrons. The first kappa shape index (κ1) is 18.3. The zero-order valence-corrected chi connectivity index (χ0v) is 13.2. The van der Waals surface area contributed by atoms with Gasteiger partial charge in [-0.3, -0.25) is 9.11 Å². The summed E-state index contributed by atoms with van der Waals surface area (Å²) in [5, 5.41) is 0. The average molecular weight is 367 g/mol. The lowest BCUT2D eigenvalue weighted by molar-refractivity contribution is -0.166. The van der Waals surface area contributed by atoms with E-state index >= 15 is 0 Å². The van der Waals surface area contributed by atoms with Crippen LogP contribution in [0, 0.1) is 5.92 Å². The maximum Gasteiger partial charge on any atom is 0.405 e. The Morgan fingerprint density at radius 2 is 1.77 bits per heavy atom. The van der Waals surface area contributed by atoms with Gasteiger partial charge in [0.1, 0.15) is 16.5 Å². The van der Waals surface area contributed by atoms with Crippen LogP contribution >= 0.6 is 22.5 Å². The molecular weight excluding hydrogens is 349 g/mol. The number of halogens is 5. The third kappa shape index (κ3) is 4.50. The van der Waals surface area contributed by atoms with Gasteiger partial charge >= 0.3 is 6.18 Å². The van der Waals surface area contributed by atoms with Crippen molar-refractivity contribution in [3.8, 4) is 0 Å². The van der Waals surface area contributed by atoms with Crippen LogP contribution in [0.1, 0.15) is 32.1 Å². The monoisotopic (exact) mass is 367 g/mol. The minimum Gasteiger partial charge on any atom is -0.281 e. The molecule has 3 N–H and O–H groups in total. The fourth-order valence-electron chi connectivity index (χ4n) is 2.67. The Morgan fingerprint density at radius 1 is 1.18 bits per heavy atom. The van der Waals surface area contributed by atoms with E-state index in [9.17, 15) is 31.1 Å². The van der Waals surface area contributed by atoms with Crippen molar-refractivity contribution in [1.82, 2.24) is 4.72 Å². The van der Waals surface area contributed by atoms with E-state index < -0.39 is 40.6 Å². The van der Waals surface area contributed by atoms with E-state index in [1.807, 2.05) is 4.72 Å². The van der Waals surface area contributed by atoms with Crippen LogP contribution in [0.25, 0.3) is 0 Å². The summed E-state index contributed by atoms with van der Waals surface area (Å²) in [6.45, 7) is 0. The number of hydrogen-bond donors (Lipinski definition) is 3. The van der Waals surface area contributed by atoms with E-state index in [1.165, 1.54) is 6.08 Å². The van der Waals surface area contributed by atoms with Gasteiger partial charge in [-0.1, -0.05) is 11.8 Å². The summed E-state index contributed by atoms with van der Waals surface area (Å²) < 4.78 is 87.4. The SMILES string of the molecule is OS(O)(NC(C1CCC(F)CC1)C(F)(F)F)C1=CCC(F)S1. The smallest absolute Gasteiger partial charge is 0.281 e. The van der Waals surface area contributed by atoms with E-state index in [2.05, 4.69) is 0 Å². The van der Waals surface area contributed by atoms with E-state index in [-0.39, 0.29) is 36.3 Å². The minimum atomic E-state index is -4.70. The number of nitrogens with one attached hydrogen (secondary N) is 1. The van der Waals surface area contributed by atoms with Crippen molar-refractivity contribution >= 4 is 22.5 Å². The molecule has 1 heterocycles. The standard InChI is InChI=1S/C12H18F5NO2S2/c13-8-3-1-7(2-4-8)11(12(15,16)17)18-22(19,20)10-6-5-9(14)21-10/h6-9,11,18-20H,1-5H2. The van der Waals surface area contributed by atoms with Gasteiger partial charge in [0.2, 0.25) is 0 Å². The molecule has 1 aliphatic heterocycles. The second-order valence-electron chi connectivity index (χ2n) is 5.48. The molecule has 0 aromatic heterocycles. The van der Waals surface area contributed by atoms with Crippen LogP contribution in [-0.2, 0) is 0 Å². The Hall–Kier alpha value is -0.0300. The highest BCUT2D eigenvalue weighted by molar-refractivity contribution is 8.36. The van der Waals surface area contributed by atoms with E-state index in [1.54, 1.807) is 0 Å². The maximum absolute atomic E-state index is 13.2. The summed E-state index contributed by atoms with van der Waals surface area (Å²) in [6.07, 6.45) is -4.57. The van der Waals surface area contributed by atoms with Crippen molar-refractivity contribution in [2.24, 2.45) is 5.92 Å². The number of allylic oxidation sites excluding steroid dienone is 1. The van der Waals surface area contributed by atoms with Crippen molar-refractivity contribution in [3.05, 3.63) is 10.3 Å². The molecule has 0 bridgehead atoms. The number of alkyl halides is 5. The van der Waals surface area contributed by atoms with Crippen molar-refractivity contribution in [3.63, 3.8) is 0 Å². The van der Waals surface area contributed by atoms with E-state index in [0.717, 1.165) is 0 Å². The first-order valence-corrected chi connectivity index (χ1v) is 9.29. The fourth-order valence-corrected chi connectivity index (χ4v) is 5.43. The molecule has 2 aliphatic rings. The first-order chi connectivity index (χ1) is 10.1. The summed E-state index contributed by atoms with van der Waals surface area (Å²) in [6, 6.07) is -2.15. The number of hydrogen-bond acceptors (Lipinski definition) is 4. The third-order valence-corrected chi connectivity index (χ3v) is 6.95. The quantitative estimate of drug-likeness (QED) is 0.614. The molecule has 1 aliphatic carbocycles. The average Bonchev–Trinajstić information content (AvgIpc) is 2.84. The summed E-state index contributed by atoms with van der Waals surface area (Å²) in [5.74, 6) is -0.925. The second kappa shape index (κ2) is 6.84. The van der Waals surface area contributed by atoms with E-state index in [0.29, 0.717) is 11.8 Å². The maximum atomic E-state index is 13.2. The van der Waals surface area contributed by atoms with Gasteiger partial charge in [0.25, 0.3) is 0 Å². The van der Waals surface area contributed by atoms with Crippen molar-refractivity contribution in [2.75, 3.05) is 0 Å². The van der Waals surface area contributed by atoms with Crippen LogP contribution in [-0.4, -0.2) is 33.0 Å². The van der Waals surface area contributed by atoms with Crippen LogP contribution < -0.4 is 4.72 Å². The molecular formula is C12H18F5NO2S2. The highest BCUT2D eigenvalue weighted by Gasteiger charge is 2.48. The molecule has 0 amide bonds. The Balaban J connectivity index is 2.10. The predicted octanol–water partition coefficient (Wildman–Crippen LogP) is 4.97. The van der Waals surface area contributed by atoms with Gasteiger partial charge in [-0.15, -0.1) is 10.8 Å². The molecule has 0 radical (unpaired) electrons. The topological polar surface area (TPSA) is 52.5 Å². The molecule has 3 nitrogen and oxygen atoms in total. The van der Waals surface area contributed by atoms with Gasteiger partial charge in [0, 0.05) is 6.42 Å². The van der Waals surface area contributed by atoms with Crippen LogP contribution in [0.3, 0.4) is 0 Å². The van der Waals surface area contributed by atoms with Crippen molar-refractivity contribution in [1.29, 1.82) is 0 Å². The highest BCUT2D eigenvalue weighted by atomic mass is 32.3. The molecule has 0 saturated heterocycles. The zero-order chi connectivity index (χ0) is 16.5. The Morgan fingerprint density at radius 3 is 2.23 bits per heavy atom. The van der Waals surface area contributed by atoms with Gasteiger partial charge in [0.15, 0.2) is 5.50 Å². The van der Waals surface area contributed by atoms with Gasteiger partial charge in [-0.05, 0) is 37.7 Å². The Kier molecular flexibility index (Phi) is 5.69. The molecule has 2 atom stereocenters. The summed E-state index contributed by atoms with van der Waals surface area (Å²) in [4.78, 5) is 0. The normalized spacial score (nSPS) is 32.7. The second-order valence-corrected chi connectivity index (χ2v) is 8.70. The molecule has 1 fully saturated rings. The minimum absolute atomic E-state index is 0.0196. The van der Waals surface area contributed by atoms with Crippen LogP contribution in [0.5, 0.6) is 0 Å². The Bertz CT molecular complexity index is 424. The van der Waals surface area contributed by atoms with Gasteiger partial charge < -0.3 is 0 Å². The lowest BCUT2D eigenvalue weighted by atomic mass is 9.83. The molecule has 22 heavy (non-hydrogen) atoms. The third-order valence-electron chi connectivity index (χ3n) is 3.81. The number of rotatable bonds is 4.